The van der Waals surface area contributed by atoms with Gasteiger partial charge in [0, 0.05) is 58.5 Å². The number of hydrogen-bond acceptors (Lipinski definition) is 3. The lowest BCUT2D eigenvalue weighted by Gasteiger charge is -2.36. The van der Waals surface area contributed by atoms with Gasteiger partial charge in [-0.2, -0.15) is 0 Å². The first-order chi connectivity index (χ1) is 12.6. The van der Waals surface area contributed by atoms with E-state index in [4.69, 9.17) is 0 Å². The van der Waals surface area contributed by atoms with Crippen LogP contribution >= 0.6 is 24.0 Å². The van der Waals surface area contributed by atoms with Gasteiger partial charge in [-0.05, 0) is 36.9 Å². The normalized spacial score (nSPS) is 20.5. The lowest BCUT2D eigenvalue weighted by Crippen LogP contribution is -2.47. The fraction of sp³-hybridized carbons (Fsp3) is 0.667. The van der Waals surface area contributed by atoms with Gasteiger partial charge in [-0.15, -0.1) is 24.0 Å². The molecule has 27 heavy (non-hydrogen) atoms. The van der Waals surface area contributed by atoms with E-state index >= 15 is 0 Å². The summed E-state index contributed by atoms with van der Waals surface area (Å²) in [6.45, 7) is 13.6. The predicted octanol–water partition coefficient (Wildman–Crippen LogP) is 3.12. The highest BCUT2D eigenvalue weighted by molar-refractivity contribution is 14.0. The maximum atomic E-state index is 4.47. The first kappa shape index (κ1) is 22.3. The number of anilines is 1. The summed E-state index contributed by atoms with van der Waals surface area (Å²) in [5, 5.41) is 3.56. The van der Waals surface area contributed by atoms with E-state index in [2.05, 4.69) is 69.2 Å². The molecule has 0 unspecified atom stereocenters. The van der Waals surface area contributed by atoms with Crippen molar-refractivity contribution in [3.8, 4) is 0 Å². The molecule has 2 aliphatic rings. The van der Waals surface area contributed by atoms with Crippen molar-refractivity contribution in [1.29, 1.82) is 0 Å². The van der Waals surface area contributed by atoms with Crippen LogP contribution in [0.5, 0.6) is 0 Å². The maximum absolute atomic E-state index is 4.47. The summed E-state index contributed by atoms with van der Waals surface area (Å²) >= 11 is 0. The minimum Gasteiger partial charge on any atom is -0.369 e. The topological polar surface area (TPSA) is 34.1 Å². The molecule has 6 heteroatoms. The molecule has 0 aliphatic carbocycles. The van der Waals surface area contributed by atoms with Crippen LogP contribution in [0.15, 0.2) is 35.3 Å². The number of aliphatic imine (C=N–C) groups is 1. The number of piperazine rings is 1. The Morgan fingerprint density at radius 3 is 2.37 bits per heavy atom. The van der Waals surface area contributed by atoms with E-state index in [1.807, 2.05) is 7.05 Å². The molecule has 1 aromatic rings. The van der Waals surface area contributed by atoms with Crippen molar-refractivity contribution in [2.24, 2.45) is 10.4 Å². The number of likely N-dealkylation sites (tertiary alicyclic amines) is 1. The number of guanidine groups is 1. The third-order valence-corrected chi connectivity index (χ3v) is 5.62. The summed E-state index contributed by atoms with van der Waals surface area (Å²) in [5.41, 5.74) is 1.77. The average molecular weight is 485 g/mol. The molecule has 0 radical (unpaired) electrons. The SMILES string of the molecule is CN=C(NCCCN1CCN(c2ccccc2)CC1)N1CCC(C)(C)C1.I. The molecule has 0 bridgehead atoms. The molecule has 5 nitrogen and oxygen atoms in total. The summed E-state index contributed by atoms with van der Waals surface area (Å²) in [4.78, 5) is 12.0. The molecule has 1 aromatic carbocycles. The fourth-order valence-electron chi connectivity index (χ4n) is 4.00. The molecule has 2 aliphatic heterocycles. The number of para-hydroxylation sites is 1. The van der Waals surface area contributed by atoms with Gasteiger partial charge in [0.25, 0.3) is 0 Å². The molecule has 0 spiro atoms. The molecule has 2 heterocycles. The fourth-order valence-corrected chi connectivity index (χ4v) is 4.00. The van der Waals surface area contributed by atoms with Crippen LogP contribution in [0.1, 0.15) is 26.7 Å². The molecule has 3 rings (SSSR count). The molecule has 2 fully saturated rings. The van der Waals surface area contributed by atoms with E-state index in [0.717, 1.165) is 58.3 Å². The third kappa shape index (κ3) is 6.52. The van der Waals surface area contributed by atoms with Crippen LogP contribution in [-0.2, 0) is 0 Å². The Balaban J connectivity index is 0.00000261. The van der Waals surface area contributed by atoms with Gasteiger partial charge in [0.05, 0.1) is 0 Å². The first-order valence-corrected chi connectivity index (χ1v) is 10.1. The van der Waals surface area contributed by atoms with Gasteiger partial charge in [0.2, 0.25) is 0 Å². The number of hydrogen-bond donors (Lipinski definition) is 1. The molecule has 0 atom stereocenters. The second kappa shape index (κ2) is 10.5. The van der Waals surface area contributed by atoms with Crippen molar-refractivity contribution in [2.45, 2.75) is 26.7 Å². The zero-order chi connectivity index (χ0) is 18.4. The smallest absolute Gasteiger partial charge is 0.193 e. The van der Waals surface area contributed by atoms with Crippen molar-refractivity contribution in [3.63, 3.8) is 0 Å². The number of halogens is 1. The van der Waals surface area contributed by atoms with Crippen molar-refractivity contribution in [1.82, 2.24) is 15.1 Å². The van der Waals surface area contributed by atoms with Crippen molar-refractivity contribution in [2.75, 3.05) is 64.3 Å². The summed E-state index contributed by atoms with van der Waals surface area (Å²) in [6, 6.07) is 10.8. The minimum atomic E-state index is 0. The van der Waals surface area contributed by atoms with Gasteiger partial charge >= 0.3 is 0 Å². The summed E-state index contributed by atoms with van der Waals surface area (Å²) in [6.07, 6.45) is 2.42. The lowest BCUT2D eigenvalue weighted by atomic mass is 9.93. The van der Waals surface area contributed by atoms with Crippen molar-refractivity contribution in [3.05, 3.63) is 30.3 Å². The number of benzene rings is 1. The largest absolute Gasteiger partial charge is 0.369 e. The van der Waals surface area contributed by atoms with E-state index in [1.165, 1.54) is 18.5 Å². The summed E-state index contributed by atoms with van der Waals surface area (Å²) in [5.74, 6) is 1.07. The highest BCUT2D eigenvalue weighted by Gasteiger charge is 2.30. The second-order valence-corrected chi connectivity index (χ2v) is 8.33. The second-order valence-electron chi connectivity index (χ2n) is 8.33. The highest BCUT2D eigenvalue weighted by atomic mass is 127. The Kier molecular flexibility index (Phi) is 8.66. The third-order valence-electron chi connectivity index (χ3n) is 5.62. The standard InChI is InChI=1S/C21H35N5.HI/c1-21(2)10-13-26(18-21)20(22-3)23-11-7-12-24-14-16-25(17-15-24)19-8-5-4-6-9-19;/h4-6,8-9H,7,10-18H2,1-3H3,(H,22,23);1H. The maximum Gasteiger partial charge on any atom is 0.193 e. The van der Waals surface area contributed by atoms with Gasteiger partial charge < -0.3 is 15.1 Å². The van der Waals surface area contributed by atoms with Crippen LogP contribution < -0.4 is 10.2 Å². The average Bonchev–Trinajstić information content (AvgIpc) is 3.02. The monoisotopic (exact) mass is 485 g/mol. The van der Waals surface area contributed by atoms with Gasteiger partial charge in [-0.1, -0.05) is 32.0 Å². The molecule has 2 saturated heterocycles. The lowest BCUT2D eigenvalue weighted by molar-refractivity contribution is 0.255. The zero-order valence-corrected chi connectivity index (χ0v) is 19.5. The first-order valence-electron chi connectivity index (χ1n) is 10.1. The van der Waals surface area contributed by atoms with Crippen LogP contribution in [0.3, 0.4) is 0 Å². The number of nitrogens with one attached hydrogen (secondary N) is 1. The number of nitrogens with zero attached hydrogens (tertiary/aromatic N) is 4. The highest BCUT2D eigenvalue weighted by Crippen LogP contribution is 2.28. The Bertz CT molecular complexity index is 581. The van der Waals surface area contributed by atoms with E-state index < -0.39 is 0 Å². The van der Waals surface area contributed by atoms with Crippen molar-refractivity contribution >= 4 is 35.6 Å². The minimum absolute atomic E-state index is 0. The molecule has 1 N–H and O–H groups in total. The van der Waals surface area contributed by atoms with Crippen molar-refractivity contribution < 1.29 is 0 Å². The van der Waals surface area contributed by atoms with Gasteiger partial charge in [-0.25, -0.2) is 0 Å². The number of rotatable bonds is 5. The Labute approximate surface area is 182 Å². The van der Waals surface area contributed by atoms with Gasteiger partial charge in [0.1, 0.15) is 0 Å². The van der Waals surface area contributed by atoms with E-state index in [1.54, 1.807) is 0 Å². The molecule has 152 valence electrons. The van der Waals surface area contributed by atoms with Crippen LogP contribution in [0, 0.1) is 5.41 Å². The zero-order valence-electron chi connectivity index (χ0n) is 17.2. The Morgan fingerprint density at radius 2 is 1.78 bits per heavy atom. The summed E-state index contributed by atoms with van der Waals surface area (Å²) in [7, 11) is 1.90. The Hall–Kier alpha value is -1.02. The van der Waals surface area contributed by atoms with E-state index in [9.17, 15) is 0 Å². The summed E-state index contributed by atoms with van der Waals surface area (Å²) < 4.78 is 0. The van der Waals surface area contributed by atoms with Gasteiger partial charge in [0.15, 0.2) is 5.96 Å². The molecule has 0 aromatic heterocycles. The van der Waals surface area contributed by atoms with Crippen LogP contribution in [0.4, 0.5) is 5.69 Å². The molecule has 0 saturated carbocycles. The molecule has 0 amide bonds. The van der Waals surface area contributed by atoms with Crippen LogP contribution in [0.2, 0.25) is 0 Å². The molecular weight excluding hydrogens is 449 g/mol. The van der Waals surface area contributed by atoms with Crippen LogP contribution in [-0.4, -0.2) is 75.2 Å². The van der Waals surface area contributed by atoms with Crippen LogP contribution in [0.25, 0.3) is 0 Å². The Morgan fingerprint density at radius 1 is 1.07 bits per heavy atom. The molecular formula is C21H36IN5. The quantitative estimate of drug-likeness (QED) is 0.301. The van der Waals surface area contributed by atoms with Gasteiger partial charge in [-0.3, -0.25) is 9.89 Å². The van der Waals surface area contributed by atoms with E-state index in [-0.39, 0.29) is 24.0 Å². The van der Waals surface area contributed by atoms with E-state index in [0.29, 0.717) is 5.41 Å². The predicted molar refractivity (Wildman–Crippen MR) is 126 cm³/mol.